The van der Waals surface area contributed by atoms with E-state index in [9.17, 15) is 22.8 Å². The van der Waals surface area contributed by atoms with E-state index in [1.54, 1.807) is 18.2 Å². The SMILES string of the molecule is COC(=O)Nc1cc2c(cc1Cl)-c1nc([nH]c1Cl)[C@@H](NC(=O)/C=C/c1cc(Cl)ccc1-n1cnnn1)CCCC[C@@H](C(F)(F)F)N2. The van der Waals surface area contributed by atoms with E-state index >= 15 is 0 Å². The summed E-state index contributed by atoms with van der Waals surface area (Å²) in [6.07, 6.45) is -0.796. The molecule has 0 spiro atoms. The number of rotatable bonds is 5. The van der Waals surface area contributed by atoms with E-state index in [2.05, 4.69) is 46.2 Å². The highest BCUT2D eigenvalue weighted by Crippen LogP contribution is 2.41. The number of imidazole rings is 1. The Morgan fingerprint density at radius 3 is 2.63 bits per heavy atom. The molecule has 0 saturated carbocycles. The van der Waals surface area contributed by atoms with Gasteiger partial charge in [-0.3, -0.25) is 10.1 Å². The van der Waals surface area contributed by atoms with Crippen LogP contribution in [0.3, 0.4) is 0 Å². The lowest BCUT2D eigenvalue weighted by molar-refractivity contribution is -0.144. The van der Waals surface area contributed by atoms with Gasteiger partial charge >= 0.3 is 12.3 Å². The summed E-state index contributed by atoms with van der Waals surface area (Å²) in [6.45, 7) is 0. The molecule has 0 unspecified atom stereocenters. The van der Waals surface area contributed by atoms with Crippen molar-refractivity contribution in [1.82, 2.24) is 35.5 Å². The number of nitrogens with one attached hydrogen (secondary N) is 4. The van der Waals surface area contributed by atoms with Gasteiger partial charge in [0, 0.05) is 27.9 Å². The van der Waals surface area contributed by atoms with Crippen LogP contribution in [0, 0.1) is 0 Å². The van der Waals surface area contributed by atoms with Crippen LogP contribution in [0.15, 0.2) is 42.7 Å². The lowest BCUT2D eigenvalue weighted by Crippen LogP contribution is -2.36. The molecule has 2 atom stereocenters. The fraction of sp³-hybridized carbons (Fsp3) is 0.286. The first-order valence-electron chi connectivity index (χ1n) is 13.7. The van der Waals surface area contributed by atoms with E-state index in [-0.39, 0.29) is 57.9 Å². The van der Waals surface area contributed by atoms with Crippen LogP contribution >= 0.6 is 34.8 Å². The number of aromatic nitrogens is 6. The van der Waals surface area contributed by atoms with Gasteiger partial charge in [0.05, 0.1) is 29.5 Å². The van der Waals surface area contributed by atoms with Crippen molar-refractivity contribution < 1.29 is 27.5 Å². The van der Waals surface area contributed by atoms with Crippen LogP contribution in [-0.2, 0) is 9.53 Å². The maximum atomic E-state index is 14.1. The quantitative estimate of drug-likeness (QED) is 0.163. The van der Waals surface area contributed by atoms with Crippen LogP contribution in [0.4, 0.5) is 29.3 Å². The number of fused-ring (bicyclic) bond motifs is 4. The second kappa shape index (κ2) is 14.0. The van der Waals surface area contributed by atoms with Gasteiger partial charge in [-0.05, 0) is 59.7 Å². The Bertz CT molecular complexity index is 1760. The fourth-order valence-electron chi connectivity index (χ4n) is 4.86. The number of carbonyl (C=O) groups excluding carboxylic acids is 2. The Morgan fingerprint density at radius 2 is 1.91 bits per heavy atom. The Kier molecular flexibility index (Phi) is 10.0. The van der Waals surface area contributed by atoms with Gasteiger partial charge in [0.15, 0.2) is 0 Å². The number of aromatic amines is 1. The van der Waals surface area contributed by atoms with E-state index in [1.165, 1.54) is 35.3 Å². The number of hydrogen-bond acceptors (Lipinski definition) is 8. The van der Waals surface area contributed by atoms with Gasteiger partial charge in [0.25, 0.3) is 0 Å². The Labute approximate surface area is 274 Å². The Morgan fingerprint density at radius 1 is 1.13 bits per heavy atom. The predicted octanol–water partition coefficient (Wildman–Crippen LogP) is 6.98. The molecule has 2 amide bonds. The molecule has 12 nitrogen and oxygen atoms in total. The molecule has 1 aliphatic rings. The van der Waals surface area contributed by atoms with Gasteiger partial charge in [-0.15, -0.1) is 5.10 Å². The zero-order chi connectivity index (χ0) is 33.0. The van der Waals surface area contributed by atoms with Crippen molar-refractivity contribution >= 4 is 64.3 Å². The van der Waals surface area contributed by atoms with Crippen LogP contribution < -0.4 is 16.0 Å². The second-order valence-corrected chi connectivity index (χ2v) is 11.4. The van der Waals surface area contributed by atoms with E-state index in [1.807, 2.05) is 0 Å². The molecule has 4 N–H and O–H groups in total. The smallest absolute Gasteiger partial charge is 0.411 e. The molecule has 2 aromatic heterocycles. The molecule has 5 rings (SSSR count). The van der Waals surface area contributed by atoms with Gasteiger partial charge in [-0.2, -0.15) is 17.9 Å². The minimum Gasteiger partial charge on any atom is -0.453 e. The zero-order valence-electron chi connectivity index (χ0n) is 23.8. The summed E-state index contributed by atoms with van der Waals surface area (Å²) in [5.74, 6) is -0.226. The van der Waals surface area contributed by atoms with Gasteiger partial charge in [0.2, 0.25) is 5.91 Å². The topological polar surface area (TPSA) is 152 Å². The summed E-state index contributed by atoms with van der Waals surface area (Å²) in [6, 6.07) is 4.89. The van der Waals surface area contributed by atoms with Crippen LogP contribution in [0.25, 0.3) is 23.0 Å². The van der Waals surface area contributed by atoms with Crippen molar-refractivity contribution in [3.63, 3.8) is 0 Å². The maximum absolute atomic E-state index is 14.1. The third-order valence-electron chi connectivity index (χ3n) is 7.07. The number of H-pyrrole nitrogens is 1. The molecule has 0 fully saturated rings. The standard InChI is InChI=1S/C28H25Cl3F3N9O3/c1-46-27(45)38-20-12-19-16(11-17(20)30)24-25(31)40-26(39-24)18(4-2-3-5-22(36-19)28(32,33)34)37-23(44)9-6-14-10-15(29)7-8-21(14)43-13-35-41-42-43/h6-13,18,22,36H,2-5H2,1H3,(H,37,44)(H,38,45)(H,39,40)/b9-6+/t18-,22-/m0/s1. The molecule has 46 heavy (non-hydrogen) atoms. The minimum atomic E-state index is -4.61. The van der Waals surface area contributed by atoms with Gasteiger partial charge in [-0.25, -0.2) is 9.78 Å². The number of nitrogens with zero attached hydrogens (tertiary/aromatic N) is 5. The molecule has 0 radical (unpaired) electrons. The van der Waals surface area contributed by atoms with Crippen molar-refractivity contribution in [1.29, 1.82) is 0 Å². The number of ether oxygens (including phenoxy) is 1. The maximum Gasteiger partial charge on any atom is 0.411 e. The fourth-order valence-corrected chi connectivity index (χ4v) is 5.49. The molecule has 18 heteroatoms. The molecule has 4 aromatic rings. The minimum absolute atomic E-state index is 0.000678. The largest absolute Gasteiger partial charge is 0.453 e. The number of benzene rings is 2. The highest BCUT2D eigenvalue weighted by molar-refractivity contribution is 6.35. The monoisotopic (exact) mass is 697 g/mol. The van der Waals surface area contributed by atoms with E-state index in [0.717, 1.165) is 7.11 Å². The molecule has 242 valence electrons. The molecular weight excluding hydrogens is 674 g/mol. The molecule has 2 bridgehead atoms. The first-order chi connectivity index (χ1) is 21.9. The summed E-state index contributed by atoms with van der Waals surface area (Å²) in [4.78, 5) is 32.5. The molecular formula is C28H25Cl3F3N9O3. The van der Waals surface area contributed by atoms with Gasteiger partial charge in [0.1, 0.15) is 29.0 Å². The number of amides is 2. The summed E-state index contributed by atoms with van der Waals surface area (Å²) in [5.41, 5.74) is 1.34. The van der Waals surface area contributed by atoms with Crippen LogP contribution in [0.2, 0.25) is 15.2 Å². The summed E-state index contributed by atoms with van der Waals surface area (Å²) >= 11 is 19.1. The Hall–Kier alpha value is -4.34. The van der Waals surface area contributed by atoms with Gasteiger partial charge < -0.3 is 20.4 Å². The first kappa shape index (κ1) is 33.0. The zero-order valence-corrected chi connectivity index (χ0v) is 26.1. The highest BCUT2D eigenvalue weighted by atomic mass is 35.5. The lowest BCUT2D eigenvalue weighted by Gasteiger charge is -2.25. The van der Waals surface area contributed by atoms with E-state index in [4.69, 9.17) is 34.8 Å². The molecule has 1 aliphatic heterocycles. The average Bonchev–Trinajstić information content (AvgIpc) is 3.67. The number of tetrazole rings is 1. The van der Waals surface area contributed by atoms with Crippen LogP contribution in [-0.4, -0.2) is 61.5 Å². The van der Waals surface area contributed by atoms with Crippen molar-refractivity contribution in [2.75, 3.05) is 17.7 Å². The highest BCUT2D eigenvalue weighted by Gasteiger charge is 2.40. The summed E-state index contributed by atoms with van der Waals surface area (Å²) in [5, 5.41) is 19.3. The van der Waals surface area contributed by atoms with Gasteiger partial charge in [-0.1, -0.05) is 47.6 Å². The third kappa shape index (κ3) is 7.71. The number of anilines is 2. The van der Waals surface area contributed by atoms with Crippen molar-refractivity contribution in [3.05, 3.63) is 69.3 Å². The third-order valence-corrected chi connectivity index (χ3v) is 7.89. The van der Waals surface area contributed by atoms with Crippen molar-refractivity contribution in [3.8, 4) is 16.9 Å². The summed E-state index contributed by atoms with van der Waals surface area (Å²) in [7, 11) is 1.14. The van der Waals surface area contributed by atoms with Crippen LogP contribution in [0.5, 0.6) is 0 Å². The van der Waals surface area contributed by atoms with E-state index < -0.39 is 30.3 Å². The van der Waals surface area contributed by atoms with Crippen molar-refractivity contribution in [2.45, 2.75) is 43.9 Å². The van der Waals surface area contributed by atoms with Crippen molar-refractivity contribution in [2.24, 2.45) is 0 Å². The number of hydrogen-bond donors (Lipinski definition) is 4. The second-order valence-electron chi connectivity index (χ2n) is 10.2. The average molecular weight is 699 g/mol. The molecule has 0 saturated heterocycles. The first-order valence-corrected chi connectivity index (χ1v) is 14.9. The van der Waals surface area contributed by atoms with E-state index in [0.29, 0.717) is 22.7 Å². The number of methoxy groups -OCH3 is 1. The molecule has 2 aromatic carbocycles. The number of halogens is 6. The normalized spacial score (nSPS) is 16.9. The van der Waals surface area contributed by atoms with Crippen LogP contribution in [0.1, 0.15) is 43.1 Å². The summed E-state index contributed by atoms with van der Waals surface area (Å²) < 4.78 is 48.5. The Balaban J connectivity index is 1.48. The number of carbonyl (C=O) groups is 2. The predicted molar refractivity (Wildman–Crippen MR) is 166 cm³/mol. The number of alkyl halides is 3. The molecule has 0 aliphatic carbocycles. The lowest BCUT2D eigenvalue weighted by atomic mass is 10.0. The molecule has 3 heterocycles.